The third-order valence-corrected chi connectivity index (χ3v) is 4.73. The monoisotopic (exact) mass is 426 g/mol. The quantitative estimate of drug-likeness (QED) is 0.518. The lowest BCUT2D eigenvalue weighted by molar-refractivity contribution is -0.203. The molecule has 0 aliphatic carbocycles. The van der Waals surface area contributed by atoms with Crippen LogP contribution in [0, 0.1) is 11.3 Å². The molecular formula is C16H16F6N2O3Si. The zero-order chi connectivity index (χ0) is 21.5. The highest BCUT2D eigenvalue weighted by molar-refractivity contribution is 6.69. The number of carbonyl (C=O) groups is 1. The van der Waals surface area contributed by atoms with E-state index in [0.29, 0.717) is 11.0 Å². The number of nitriles is 1. The summed E-state index contributed by atoms with van der Waals surface area (Å²) in [7, 11) is -2.74. The van der Waals surface area contributed by atoms with Gasteiger partial charge in [-0.1, -0.05) is 0 Å². The molecule has 0 aromatic heterocycles. The van der Waals surface area contributed by atoms with Crippen LogP contribution in [0.25, 0.3) is 0 Å². The van der Waals surface area contributed by atoms with E-state index in [0.717, 1.165) is 12.1 Å². The Kier molecular flexibility index (Phi) is 5.73. The van der Waals surface area contributed by atoms with E-state index in [1.54, 1.807) is 0 Å². The van der Waals surface area contributed by atoms with Gasteiger partial charge in [0.15, 0.2) is 14.4 Å². The molecule has 1 aliphatic heterocycles. The van der Waals surface area contributed by atoms with Gasteiger partial charge >= 0.3 is 18.4 Å². The highest BCUT2D eigenvalue weighted by Crippen LogP contribution is 2.38. The van der Waals surface area contributed by atoms with Gasteiger partial charge in [-0.3, -0.25) is 4.90 Å². The van der Waals surface area contributed by atoms with Crippen LogP contribution in [0.15, 0.2) is 18.2 Å². The molecule has 1 unspecified atom stereocenters. The lowest BCUT2D eigenvalue weighted by atomic mass is 10.0. The molecule has 5 nitrogen and oxygen atoms in total. The van der Waals surface area contributed by atoms with Gasteiger partial charge in [0.05, 0.1) is 17.2 Å². The number of ether oxygens (including phenoxy) is 1. The molecule has 0 saturated carbocycles. The summed E-state index contributed by atoms with van der Waals surface area (Å²) in [5.41, 5.74) is -2.54. The molecule has 1 saturated heterocycles. The fourth-order valence-corrected chi connectivity index (χ4v) is 3.77. The van der Waals surface area contributed by atoms with Gasteiger partial charge in [-0.05, 0) is 37.8 Å². The van der Waals surface area contributed by atoms with E-state index in [9.17, 15) is 31.1 Å². The second kappa shape index (κ2) is 7.29. The van der Waals surface area contributed by atoms with Gasteiger partial charge in [0, 0.05) is 5.69 Å². The smallest absolute Gasteiger partial charge is 0.417 e. The second-order valence-corrected chi connectivity index (χ2v) is 11.5. The van der Waals surface area contributed by atoms with Crippen molar-refractivity contribution in [3.05, 3.63) is 29.3 Å². The first-order chi connectivity index (χ1) is 12.6. The number of hydrogen-bond acceptors (Lipinski definition) is 4. The molecule has 1 amide bonds. The topological polar surface area (TPSA) is 62.6 Å². The lowest BCUT2D eigenvalue weighted by Gasteiger charge is -2.34. The first-order valence-electron chi connectivity index (χ1n) is 7.97. The predicted octanol–water partition coefficient (Wildman–Crippen LogP) is 4.68. The van der Waals surface area contributed by atoms with Crippen LogP contribution in [-0.2, 0) is 15.3 Å². The van der Waals surface area contributed by atoms with Gasteiger partial charge in [0.2, 0.25) is 0 Å². The maximum atomic E-state index is 13.6. The molecule has 1 aliphatic rings. The van der Waals surface area contributed by atoms with Crippen molar-refractivity contribution in [2.75, 3.05) is 11.5 Å². The fraction of sp³-hybridized carbons (Fsp3) is 0.500. The van der Waals surface area contributed by atoms with Crippen LogP contribution in [0.2, 0.25) is 19.6 Å². The molecule has 12 heteroatoms. The summed E-state index contributed by atoms with van der Waals surface area (Å²) in [5.74, 6) is 0. The van der Waals surface area contributed by atoms with Gasteiger partial charge in [0.25, 0.3) is 0 Å². The molecule has 1 fully saturated rings. The predicted molar refractivity (Wildman–Crippen MR) is 88.0 cm³/mol. The van der Waals surface area contributed by atoms with Crippen LogP contribution in [0.5, 0.6) is 0 Å². The molecule has 1 heterocycles. The second-order valence-electron chi connectivity index (χ2n) is 7.05. The number of halogens is 6. The third kappa shape index (κ3) is 4.77. The van der Waals surface area contributed by atoms with Crippen molar-refractivity contribution in [3.63, 3.8) is 0 Å². The molecule has 28 heavy (non-hydrogen) atoms. The van der Waals surface area contributed by atoms with Gasteiger partial charge < -0.3 is 9.16 Å². The Morgan fingerprint density at radius 3 is 2.32 bits per heavy atom. The van der Waals surface area contributed by atoms with Crippen molar-refractivity contribution in [1.29, 1.82) is 5.26 Å². The van der Waals surface area contributed by atoms with E-state index in [4.69, 9.17) is 9.69 Å². The van der Waals surface area contributed by atoms with E-state index >= 15 is 0 Å². The number of alkyl halides is 6. The molecule has 2 rings (SSSR count). The zero-order valence-electron chi connectivity index (χ0n) is 15.0. The average molecular weight is 426 g/mol. The van der Waals surface area contributed by atoms with Crippen molar-refractivity contribution in [3.8, 4) is 6.07 Å². The van der Waals surface area contributed by atoms with Crippen LogP contribution in [0.4, 0.5) is 36.8 Å². The van der Waals surface area contributed by atoms with E-state index in [1.807, 2.05) is 0 Å². The van der Waals surface area contributed by atoms with Gasteiger partial charge in [-0.15, -0.1) is 0 Å². The number of benzene rings is 1. The Balaban J connectivity index is 2.53. The number of hydrogen-bond donors (Lipinski definition) is 0. The average Bonchev–Trinajstić information content (AvgIpc) is 2.90. The summed E-state index contributed by atoms with van der Waals surface area (Å²) in [5, 5.41) is 8.85. The van der Waals surface area contributed by atoms with Crippen molar-refractivity contribution in [2.45, 2.75) is 44.1 Å². The fourth-order valence-electron chi connectivity index (χ4n) is 2.71. The summed E-state index contributed by atoms with van der Waals surface area (Å²) in [4.78, 5) is 12.5. The number of nitrogens with zero attached hydrogens (tertiary/aromatic N) is 2. The third-order valence-electron chi connectivity index (χ3n) is 3.77. The van der Waals surface area contributed by atoms with Crippen molar-refractivity contribution in [2.24, 2.45) is 0 Å². The number of carbonyl (C=O) groups excluding carboxylic acids is 1. The molecule has 0 bridgehead atoms. The van der Waals surface area contributed by atoms with Crippen LogP contribution < -0.4 is 4.90 Å². The summed E-state index contributed by atoms with van der Waals surface area (Å²) in [6.07, 6.45) is -13.5. The standard InChI is InChI=1S/C16H16F6N2O3Si/c1-28(2,3)27-13(16(20,21)22)12-8-26-14(25)24(12)10-5-4-9(7-23)11(6-10)15(17,18)19/h4-6,12-13H,8H2,1-3H3/t12-,13?/m1/s1. The molecular weight excluding hydrogens is 410 g/mol. The van der Waals surface area contributed by atoms with Gasteiger partial charge in [-0.25, -0.2) is 4.79 Å². The summed E-state index contributed by atoms with van der Waals surface area (Å²) < 4.78 is 90.2. The maximum Gasteiger partial charge on any atom is 0.417 e. The highest BCUT2D eigenvalue weighted by atomic mass is 28.4. The normalized spacial score (nSPS) is 19.4. The van der Waals surface area contributed by atoms with Crippen molar-refractivity contribution >= 4 is 20.1 Å². The van der Waals surface area contributed by atoms with Crippen LogP contribution in [-0.4, -0.2) is 39.3 Å². The summed E-state index contributed by atoms with van der Waals surface area (Å²) in [6, 6.07) is 1.89. The molecule has 154 valence electrons. The van der Waals surface area contributed by atoms with E-state index in [1.165, 1.54) is 25.7 Å². The zero-order valence-corrected chi connectivity index (χ0v) is 16.0. The van der Waals surface area contributed by atoms with Crippen molar-refractivity contribution in [1.82, 2.24) is 0 Å². The lowest BCUT2D eigenvalue weighted by Crippen LogP contribution is -2.54. The Labute approximate surface area is 157 Å². The van der Waals surface area contributed by atoms with Gasteiger partial charge in [-0.2, -0.15) is 31.6 Å². The number of cyclic esters (lactones) is 1. The van der Waals surface area contributed by atoms with Gasteiger partial charge in [0.1, 0.15) is 12.6 Å². The molecule has 2 atom stereocenters. The minimum atomic E-state index is -4.93. The molecule has 0 radical (unpaired) electrons. The Bertz CT molecular complexity index is 798. The SMILES string of the molecule is C[Si](C)(C)OC([C@H]1COC(=O)N1c1ccc(C#N)c(C(F)(F)F)c1)C(F)(F)F. The molecule has 0 spiro atoms. The number of anilines is 1. The Hall–Kier alpha value is -2.26. The van der Waals surface area contributed by atoms with Crippen LogP contribution >= 0.6 is 0 Å². The van der Waals surface area contributed by atoms with E-state index in [-0.39, 0.29) is 0 Å². The Morgan fingerprint density at radius 2 is 1.86 bits per heavy atom. The molecule has 0 N–H and O–H groups in total. The number of amides is 1. The first kappa shape index (κ1) is 22.0. The Morgan fingerprint density at radius 1 is 1.25 bits per heavy atom. The maximum absolute atomic E-state index is 13.6. The minimum Gasteiger partial charge on any atom is -0.447 e. The first-order valence-corrected chi connectivity index (χ1v) is 11.4. The largest absolute Gasteiger partial charge is 0.447 e. The minimum absolute atomic E-state index is 0.458. The number of rotatable bonds is 4. The summed E-state index contributed by atoms with van der Waals surface area (Å²) >= 11 is 0. The molecule has 1 aromatic carbocycles. The van der Waals surface area contributed by atoms with E-state index < -0.39 is 62.3 Å². The summed E-state index contributed by atoms with van der Waals surface area (Å²) in [6.45, 7) is 3.83. The van der Waals surface area contributed by atoms with Crippen molar-refractivity contribution < 1.29 is 40.3 Å². The van der Waals surface area contributed by atoms with Crippen LogP contribution in [0.1, 0.15) is 11.1 Å². The van der Waals surface area contributed by atoms with Crippen LogP contribution in [0.3, 0.4) is 0 Å². The van der Waals surface area contributed by atoms with E-state index in [2.05, 4.69) is 4.74 Å². The highest BCUT2D eigenvalue weighted by Gasteiger charge is 2.54. The molecule has 1 aromatic rings.